The second-order valence-electron chi connectivity index (χ2n) is 6.02. The highest BCUT2D eigenvalue weighted by Gasteiger charge is 2.31. The lowest BCUT2D eigenvalue weighted by atomic mass is 10.1. The lowest BCUT2D eigenvalue weighted by molar-refractivity contribution is -0.144. The first kappa shape index (κ1) is 27.1. The quantitative estimate of drug-likeness (QED) is 0.115. The van der Waals surface area contributed by atoms with Crippen LogP contribution in [-0.2, 0) is 28.8 Å². The van der Waals surface area contributed by atoms with Crippen molar-refractivity contribution in [1.29, 1.82) is 0 Å². The van der Waals surface area contributed by atoms with Crippen LogP contribution in [-0.4, -0.2) is 92.6 Å². The molecular weight excluding hydrogens is 428 g/mol. The molecule has 170 valence electrons. The molecule has 0 saturated heterocycles. The number of hydrogen-bond acceptors (Lipinski definition) is 9. The number of carboxylic acid groups (broad SMARTS) is 3. The topological polar surface area (TPSA) is 245 Å². The van der Waals surface area contributed by atoms with Gasteiger partial charge >= 0.3 is 17.9 Å². The molecule has 0 aromatic rings. The number of aliphatic carboxylic acids is 3. The molecule has 0 bridgehead atoms. The number of aliphatic hydroxyl groups excluding tert-OH is 1. The van der Waals surface area contributed by atoms with E-state index in [-0.39, 0.29) is 5.75 Å². The van der Waals surface area contributed by atoms with Gasteiger partial charge in [0.25, 0.3) is 0 Å². The van der Waals surface area contributed by atoms with Crippen LogP contribution in [0.1, 0.15) is 19.3 Å². The number of amides is 3. The molecule has 4 unspecified atom stereocenters. The number of rotatable bonds is 14. The van der Waals surface area contributed by atoms with E-state index in [1.165, 1.54) is 0 Å². The SMILES string of the molecule is NC(CO)C(=O)NC(CS)C(=O)NC(CC(=O)O)C(=O)NC(CCC(=O)O)C(=O)O. The Kier molecular flexibility index (Phi) is 12.0. The van der Waals surface area contributed by atoms with E-state index in [0.717, 1.165) is 0 Å². The molecule has 9 N–H and O–H groups in total. The molecule has 0 aliphatic heterocycles. The van der Waals surface area contributed by atoms with E-state index in [0.29, 0.717) is 0 Å². The van der Waals surface area contributed by atoms with Gasteiger partial charge in [0.15, 0.2) is 0 Å². The highest BCUT2D eigenvalue weighted by Crippen LogP contribution is 2.02. The third-order valence-corrected chi connectivity index (χ3v) is 3.99. The molecule has 0 saturated carbocycles. The van der Waals surface area contributed by atoms with Gasteiger partial charge in [-0.05, 0) is 6.42 Å². The molecule has 0 aromatic carbocycles. The van der Waals surface area contributed by atoms with Crippen molar-refractivity contribution in [2.45, 2.75) is 43.4 Å². The van der Waals surface area contributed by atoms with E-state index in [9.17, 15) is 28.8 Å². The Labute approximate surface area is 175 Å². The summed E-state index contributed by atoms with van der Waals surface area (Å²) < 4.78 is 0. The minimum atomic E-state index is -1.73. The van der Waals surface area contributed by atoms with Crippen LogP contribution in [0.4, 0.5) is 0 Å². The zero-order valence-corrected chi connectivity index (χ0v) is 16.5. The van der Waals surface area contributed by atoms with Crippen LogP contribution in [0.25, 0.3) is 0 Å². The van der Waals surface area contributed by atoms with Gasteiger partial charge in [-0.2, -0.15) is 12.6 Å². The van der Waals surface area contributed by atoms with Crippen molar-refractivity contribution in [3.05, 3.63) is 0 Å². The Morgan fingerprint density at radius 3 is 1.73 bits per heavy atom. The molecule has 0 rings (SSSR count). The minimum absolute atomic E-state index is 0.270. The van der Waals surface area contributed by atoms with Gasteiger partial charge in [0.1, 0.15) is 24.2 Å². The lowest BCUT2D eigenvalue weighted by Gasteiger charge is -2.23. The summed E-state index contributed by atoms with van der Waals surface area (Å²) >= 11 is 3.87. The number of carboxylic acids is 3. The van der Waals surface area contributed by atoms with Gasteiger partial charge in [0, 0.05) is 12.2 Å². The summed E-state index contributed by atoms with van der Waals surface area (Å²) in [6.07, 6.45) is -1.98. The van der Waals surface area contributed by atoms with E-state index in [1.807, 2.05) is 5.32 Å². The molecule has 15 heteroatoms. The highest BCUT2D eigenvalue weighted by molar-refractivity contribution is 7.80. The Morgan fingerprint density at radius 1 is 0.800 bits per heavy atom. The number of aliphatic hydroxyl groups is 1. The number of nitrogens with one attached hydrogen (secondary N) is 3. The molecule has 0 radical (unpaired) electrons. The van der Waals surface area contributed by atoms with Crippen LogP contribution in [0.5, 0.6) is 0 Å². The fraction of sp³-hybridized carbons (Fsp3) is 0.600. The van der Waals surface area contributed by atoms with Gasteiger partial charge in [-0.1, -0.05) is 0 Å². The van der Waals surface area contributed by atoms with Gasteiger partial charge in [-0.15, -0.1) is 0 Å². The van der Waals surface area contributed by atoms with Crippen LogP contribution in [0, 0.1) is 0 Å². The fourth-order valence-electron chi connectivity index (χ4n) is 2.01. The summed E-state index contributed by atoms with van der Waals surface area (Å²) in [5, 5.41) is 41.7. The molecule has 14 nitrogen and oxygen atoms in total. The predicted octanol–water partition coefficient (Wildman–Crippen LogP) is -3.89. The van der Waals surface area contributed by atoms with Gasteiger partial charge in [0.2, 0.25) is 17.7 Å². The average molecular weight is 452 g/mol. The first-order valence-corrected chi connectivity index (χ1v) is 9.10. The number of thiol groups is 1. The van der Waals surface area contributed by atoms with Crippen molar-refractivity contribution in [2.24, 2.45) is 5.73 Å². The van der Waals surface area contributed by atoms with E-state index in [2.05, 4.69) is 23.3 Å². The monoisotopic (exact) mass is 452 g/mol. The van der Waals surface area contributed by atoms with Gasteiger partial charge in [0.05, 0.1) is 13.0 Å². The predicted molar refractivity (Wildman–Crippen MR) is 101 cm³/mol. The third-order valence-electron chi connectivity index (χ3n) is 3.62. The van der Waals surface area contributed by atoms with Crippen molar-refractivity contribution in [2.75, 3.05) is 12.4 Å². The third kappa shape index (κ3) is 10.0. The molecule has 0 heterocycles. The number of carbonyl (C=O) groups is 6. The van der Waals surface area contributed by atoms with Crippen LogP contribution in [0.15, 0.2) is 0 Å². The van der Waals surface area contributed by atoms with Gasteiger partial charge in [-0.3, -0.25) is 24.0 Å². The molecular formula is C15H24N4O10S. The second kappa shape index (κ2) is 13.3. The first-order chi connectivity index (χ1) is 13.9. The van der Waals surface area contributed by atoms with Crippen LogP contribution < -0.4 is 21.7 Å². The highest BCUT2D eigenvalue weighted by atomic mass is 32.1. The van der Waals surface area contributed by atoms with Crippen molar-refractivity contribution in [3.63, 3.8) is 0 Å². The Hall–Kier alpha value is -2.91. The van der Waals surface area contributed by atoms with E-state index >= 15 is 0 Å². The number of carbonyl (C=O) groups excluding carboxylic acids is 3. The summed E-state index contributed by atoms with van der Waals surface area (Å²) in [5.41, 5.74) is 5.31. The van der Waals surface area contributed by atoms with Crippen LogP contribution in [0.2, 0.25) is 0 Å². The molecule has 0 fully saturated rings. The minimum Gasteiger partial charge on any atom is -0.481 e. The summed E-state index contributed by atoms with van der Waals surface area (Å²) in [4.78, 5) is 69.1. The van der Waals surface area contributed by atoms with Crippen molar-refractivity contribution in [1.82, 2.24) is 16.0 Å². The lowest BCUT2D eigenvalue weighted by Crippen LogP contribution is -2.58. The molecule has 0 aliphatic rings. The Morgan fingerprint density at radius 2 is 1.30 bits per heavy atom. The summed E-state index contributed by atoms with van der Waals surface area (Å²) in [6, 6.07) is -6.04. The first-order valence-electron chi connectivity index (χ1n) is 8.47. The summed E-state index contributed by atoms with van der Waals surface area (Å²) in [7, 11) is 0. The number of hydrogen-bond donors (Lipinski definition) is 9. The summed E-state index contributed by atoms with van der Waals surface area (Å²) in [5.74, 6) is -7.72. The van der Waals surface area contributed by atoms with E-state index in [4.69, 9.17) is 26.2 Å². The number of nitrogens with two attached hydrogens (primary N) is 1. The average Bonchev–Trinajstić information content (AvgIpc) is 2.66. The maximum Gasteiger partial charge on any atom is 0.326 e. The molecule has 4 atom stereocenters. The molecule has 0 aromatic heterocycles. The van der Waals surface area contributed by atoms with Crippen molar-refractivity contribution in [3.8, 4) is 0 Å². The van der Waals surface area contributed by atoms with Crippen molar-refractivity contribution >= 4 is 48.3 Å². The molecule has 0 spiro atoms. The zero-order valence-electron chi connectivity index (χ0n) is 15.6. The largest absolute Gasteiger partial charge is 0.481 e. The van der Waals surface area contributed by atoms with Gasteiger partial charge in [-0.25, -0.2) is 4.79 Å². The van der Waals surface area contributed by atoms with Gasteiger partial charge < -0.3 is 42.1 Å². The van der Waals surface area contributed by atoms with E-state index in [1.54, 1.807) is 0 Å². The maximum absolute atomic E-state index is 12.3. The molecule has 3 amide bonds. The Balaban J connectivity index is 5.27. The zero-order chi connectivity index (χ0) is 23.4. The molecule has 0 aliphatic carbocycles. The summed E-state index contributed by atoms with van der Waals surface area (Å²) in [6.45, 7) is -0.705. The Bertz CT molecular complexity index is 674. The van der Waals surface area contributed by atoms with Crippen LogP contribution in [0.3, 0.4) is 0 Å². The van der Waals surface area contributed by atoms with Crippen LogP contribution >= 0.6 is 12.6 Å². The normalized spacial score (nSPS) is 14.5. The second-order valence-corrected chi connectivity index (χ2v) is 6.39. The van der Waals surface area contributed by atoms with Crippen molar-refractivity contribution < 1.29 is 49.2 Å². The fourth-order valence-corrected chi connectivity index (χ4v) is 2.27. The smallest absolute Gasteiger partial charge is 0.326 e. The van der Waals surface area contributed by atoms with E-state index < -0.39 is 85.7 Å². The maximum atomic E-state index is 12.3. The molecule has 30 heavy (non-hydrogen) atoms. The standard InChI is InChI=1S/C15H24N4O10S/c16-6(4-20)12(25)19-9(5-30)14(27)18-8(3-11(23)24)13(26)17-7(15(28)29)1-2-10(21)22/h6-9,20,30H,1-5,16H2,(H,17,26)(H,18,27)(H,19,25)(H,21,22)(H,23,24)(H,28,29).